The van der Waals surface area contributed by atoms with Crippen molar-refractivity contribution in [2.75, 3.05) is 13.2 Å². The molecule has 1 rings (SSSR count). The van der Waals surface area contributed by atoms with Gasteiger partial charge in [0.1, 0.15) is 12.7 Å². The third-order valence-corrected chi connectivity index (χ3v) is 4.16. The van der Waals surface area contributed by atoms with E-state index in [1.807, 2.05) is 0 Å². The van der Waals surface area contributed by atoms with Crippen molar-refractivity contribution in [3.8, 4) is 0 Å². The fourth-order valence-corrected chi connectivity index (χ4v) is 2.50. The Kier molecular flexibility index (Phi) is 13.5. The van der Waals surface area contributed by atoms with Gasteiger partial charge in [0.15, 0.2) is 0 Å². The Labute approximate surface area is 148 Å². The number of carbonyl (C=O) groups is 1. The summed E-state index contributed by atoms with van der Waals surface area (Å²) in [6, 6.07) is 0. The first-order valence-corrected chi connectivity index (χ1v) is 9.90. The number of rotatable bonds is 16. The van der Waals surface area contributed by atoms with E-state index in [9.17, 15) is 4.79 Å². The molecule has 0 amide bonds. The van der Waals surface area contributed by atoms with E-state index < -0.39 is 0 Å². The van der Waals surface area contributed by atoms with Crippen LogP contribution in [0.2, 0.25) is 0 Å². The minimum atomic E-state index is -0.0730. The van der Waals surface area contributed by atoms with Gasteiger partial charge in [0, 0.05) is 6.42 Å². The van der Waals surface area contributed by atoms with E-state index in [0.717, 1.165) is 25.9 Å². The molecule has 0 saturated carbocycles. The molecule has 3 nitrogen and oxygen atoms in total. The minimum absolute atomic E-state index is 0.0730. The average molecular weight is 337 g/mol. The summed E-state index contributed by atoms with van der Waals surface area (Å²) in [4.78, 5) is 11.4. The van der Waals surface area contributed by atoms with Gasteiger partial charge in [-0.3, -0.25) is 4.79 Å². The molecule has 0 aromatic carbocycles. The number of hydrogen-bond acceptors (Lipinski definition) is 3. The molecule has 0 bridgehead atoms. The molecule has 1 unspecified atom stereocenters. The Morgan fingerprint density at radius 3 is 2.25 bits per heavy atom. The van der Waals surface area contributed by atoms with Gasteiger partial charge >= 0.3 is 5.97 Å². The summed E-state index contributed by atoms with van der Waals surface area (Å²) in [6.45, 7) is 3.43. The number of esters is 1. The largest absolute Gasteiger partial charge is 0.463 e. The van der Waals surface area contributed by atoms with Gasteiger partial charge in [0.05, 0.1) is 6.61 Å². The normalized spacial score (nSPS) is 17.0. The highest BCUT2D eigenvalue weighted by atomic mass is 16.6. The van der Waals surface area contributed by atoms with Crippen LogP contribution >= 0.6 is 0 Å². The molecule has 1 heterocycles. The first-order chi connectivity index (χ1) is 11.8. The minimum Gasteiger partial charge on any atom is -0.463 e. The number of hydrogen-bond donors (Lipinski definition) is 0. The maximum Gasteiger partial charge on any atom is 0.305 e. The predicted octanol–water partition coefficient (Wildman–Crippen LogP) is 5.74. The number of allylic oxidation sites excluding steroid dienone is 4. The molecule has 3 heteroatoms. The third-order valence-electron chi connectivity index (χ3n) is 4.16. The molecule has 0 aromatic heterocycles. The monoisotopic (exact) mass is 336 g/mol. The molecule has 1 saturated heterocycles. The summed E-state index contributed by atoms with van der Waals surface area (Å²) in [5.41, 5.74) is 0. The van der Waals surface area contributed by atoms with Crippen LogP contribution in [0.1, 0.15) is 84.0 Å². The highest BCUT2D eigenvalue weighted by molar-refractivity contribution is 5.69. The molecule has 1 atom stereocenters. The second-order valence-corrected chi connectivity index (χ2v) is 6.62. The van der Waals surface area contributed by atoms with Crippen LogP contribution in [0.15, 0.2) is 24.3 Å². The van der Waals surface area contributed by atoms with Crippen molar-refractivity contribution in [3.63, 3.8) is 0 Å². The SMILES string of the molecule is CCCCCC=CCC=CCCCCCCCC(=O)OCC1CO1. The molecule has 138 valence electrons. The fraction of sp³-hybridized carbons (Fsp3) is 0.762. The Morgan fingerprint density at radius 1 is 0.958 bits per heavy atom. The summed E-state index contributed by atoms with van der Waals surface area (Å²) in [5.74, 6) is -0.0730. The highest BCUT2D eigenvalue weighted by Crippen LogP contribution is 2.11. The van der Waals surface area contributed by atoms with Crippen molar-refractivity contribution in [1.82, 2.24) is 0 Å². The van der Waals surface area contributed by atoms with Crippen LogP contribution in [-0.2, 0) is 14.3 Å². The lowest BCUT2D eigenvalue weighted by Gasteiger charge is -2.02. The zero-order valence-corrected chi connectivity index (χ0v) is 15.5. The van der Waals surface area contributed by atoms with E-state index in [1.54, 1.807) is 0 Å². The van der Waals surface area contributed by atoms with E-state index in [4.69, 9.17) is 9.47 Å². The quantitative estimate of drug-likeness (QED) is 0.156. The zero-order chi connectivity index (χ0) is 17.3. The van der Waals surface area contributed by atoms with Crippen molar-refractivity contribution >= 4 is 5.97 Å². The van der Waals surface area contributed by atoms with Gasteiger partial charge in [0.25, 0.3) is 0 Å². The Hall–Kier alpha value is -1.09. The zero-order valence-electron chi connectivity index (χ0n) is 15.5. The summed E-state index contributed by atoms with van der Waals surface area (Å²) in [7, 11) is 0. The average Bonchev–Trinajstić information content (AvgIpc) is 3.41. The first kappa shape index (κ1) is 21.0. The van der Waals surface area contributed by atoms with Crippen molar-refractivity contribution in [3.05, 3.63) is 24.3 Å². The van der Waals surface area contributed by atoms with Crippen LogP contribution in [0.5, 0.6) is 0 Å². The highest BCUT2D eigenvalue weighted by Gasteiger charge is 2.23. The third kappa shape index (κ3) is 14.5. The predicted molar refractivity (Wildman–Crippen MR) is 100 cm³/mol. The summed E-state index contributed by atoms with van der Waals surface area (Å²) >= 11 is 0. The molecule has 24 heavy (non-hydrogen) atoms. The van der Waals surface area contributed by atoms with Crippen molar-refractivity contribution < 1.29 is 14.3 Å². The molecule has 0 spiro atoms. The van der Waals surface area contributed by atoms with Crippen LogP contribution in [0.3, 0.4) is 0 Å². The molecular weight excluding hydrogens is 300 g/mol. The van der Waals surface area contributed by atoms with Gasteiger partial charge in [-0.05, 0) is 38.5 Å². The Balaban J connectivity index is 1.76. The number of carbonyl (C=O) groups excluding carboxylic acids is 1. The van der Waals surface area contributed by atoms with E-state index in [2.05, 4.69) is 31.2 Å². The van der Waals surface area contributed by atoms with Crippen molar-refractivity contribution in [2.24, 2.45) is 0 Å². The lowest BCUT2D eigenvalue weighted by atomic mass is 10.1. The van der Waals surface area contributed by atoms with Gasteiger partial charge in [-0.1, -0.05) is 63.3 Å². The summed E-state index contributed by atoms with van der Waals surface area (Å²) < 4.78 is 10.1. The van der Waals surface area contributed by atoms with E-state index >= 15 is 0 Å². The second kappa shape index (κ2) is 15.4. The molecule has 0 aromatic rings. The molecule has 0 aliphatic carbocycles. The number of epoxide rings is 1. The smallest absolute Gasteiger partial charge is 0.305 e. The number of unbranched alkanes of at least 4 members (excludes halogenated alkanes) is 8. The Bertz CT molecular complexity index is 356. The van der Waals surface area contributed by atoms with Gasteiger partial charge in [0.2, 0.25) is 0 Å². The maximum atomic E-state index is 11.4. The van der Waals surface area contributed by atoms with Gasteiger partial charge in [-0.15, -0.1) is 0 Å². The topological polar surface area (TPSA) is 38.8 Å². The lowest BCUT2D eigenvalue weighted by Crippen LogP contribution is -2.09. The molecule has 0 N–H and O–H groups in total. The first-order valence-electron chi connectivity index (χ1n) is 9.90. The Morgan fingerprint density at radius 2 is 1.58 bits per heavy atom. The van der Waals surface area contributed by atoms with Crippen LogP contribution < -0.4 is 0 Å². The standard InChI is InChI=1S/C21H36O3/c1-2-3-4-5-6-7-8-9-10-11-12-13-14-15-16-17-21(22)24-19-20-18-23-20/h6-7,9-10,20H,2-5,8,11-19H2,1H3. The van der Waals surface area contributed by atoms with Gasteiger partial charge in [-0.2, -0.15) is 0 Å². The van der Waals surface area contributed by atoms with E-state index in [0.29, 0.717) is 13.0 Å². The maximum absolute atomic E-state index is 11.4. The molecule has 1 aliphatic rings. The van der Waals surface area contributed by atoms with E-state index in [1.165, 1.54) is 51.4 Å². The molecule has 1 aliphatic heterocycles. The van der Waals surface area contributed by atoms with Crippen LogP contribution in [0.4, 0.5) is 0 Å². The number of ether oxygens (including phenoxy) is 2. The molecule has 1 fully saturated rings. The van der Waals surface area contributed by atoms with Gasteiger partial charge < -0.3 is 9.47 Å². The van der Waals surface area contributed by atoms with Crippen molar-refractivity contribution in [2.45, 2.75) is 90.1 Å². The van der Waals surface area contributed by atoms with Crippen molar-refractivity contribution in [1.29, 1.82) is 0 Å². The van der Waals surface area contributed by atoms with Crippen LogP contribution in [-0.4, -0.2) is 25.3 Å². The summed E-state index contributed by atoms with van der Waals surface area (Å²) in [5, 5.41) is 0. The lowest BCUT2D eigenvalue weighted by molar-refractivity contribution is -0.144. The molecular formula is C21H36O3. The van der Waals surface area contributed by atoms with Crippen LogP contribution in [0.25, 0.3) is 0 Å². The van der Waals surface area contributed by atoms with E-state index in [-0.39, 0.29) is 12.1 Å². The second-order valence-electron chi connectivity index (χ2n) is 6.62. The molecule has 0 radical (unpaired) electrons. The summed E-state index contributed by atoms with van der Waals surface area (Å²) in [6.07, 6.45) is 23.1. The fourth-order valence-electron chi connectivity index (χ4n) is 2.50. The van der Waals surface area contributed by atoms with Gasteiger partial charge in [-0.25, -0.2) is 0 Å². The van der Waals surface area contributed by atoms with Crippen LogP contribution in [0, 0.1) is 0 Å².